The molecule has 0 radical (unpaired) electrons. The SMILES string of the molecule is O[C@@H]1CCCC[C@@H]1OCCc1ccccc1. The van der Waals surface area contributed by atoms with Crippen LogP contribution in [0.15, 0.2) is 30.3 Å². The standard InChI is InChI=1S/C14H20O2/c15-13-8-4-5-9-14(13)16-11-10-12-6-2-1-3-7-12/h1-3,6-7,13-15H,4-5,8-11H2/t13-,14+/m1/s1. The van der Waals surface area contributed by atoms with Gasteiger partial charge in [0.25, 0.3) is 0 Å². The number of rotatable bonds is 4. The summed E-state index contributed by atoms with van der Waals surface area (Å²) in [4.78, 5) is 0. The van der Waals surface area contributed by atoms with Gasteiger partial charge in [0.1, 0.15) is 0 Å². The molecule has 2 nitrogen and oxygen atoms in total. The van der Waals surface area contributed by atoms with Gasteiger partial charge in [-0.25, -0.2) is 0 Å². The van der Waals surface area contributed by atoms with Gasteiger partial charge < -0.3 is 9.84 Å². The summed E-state index contributed by atoms with van der Waals surface area (Å²) in [7, 11) is 0. The fourth-order valence-corrected chi connectivity index (χ4v) is 2.24. The number of benzene rings is 1. The molecule has 0 unspecified atom stereocenters. The molecule has 88 valence electrons. The second kappa shape index (κ2) is 6.02. The zero-order valence-corrected chi connectivity index (χ0v) is 9.64. The Kier molecular flexibility index (Phi) is 4.37. The highest BCUT2D eigenvalue weighted by atomic mass is 16.5. The molecular formula is C14H20O2. The Morgan fingerprint density at radius 2 is 1.88 bits per heavy atom. The molecule has 0 heterocycles. The van der Waals surface area contributed by atoms with Crippen molar-refractivity contribution in [1.29, 1.82) is 0 Å². The summed E-state index contributed by atoms with van der Waals surface area (Å²) in [6.07, 6.45) is 4.99. The van der Waals surface area contributed by atoms with Crippen LogP contribution >= 0.6 is 0 Å². The monoisotopic (exact) mass is 220 g/mol. The average Bonchev–Trinajstić information content (AvgIpc) is 2.33. The lowest BCUT2D eigenvalue weighted by Gasteiger charge is -2.27. The van der Waals surface area contributed by atoms with Crippen LogP contribution in [-0.2, 0) is 11.2 Å². The van der Waals surface area contributed by atoms with E-state index in [1.54, 1.807) is 0 Å². The quantitative estimate of drug-likeness (QED) is 0.845. The van der Waals surface area contributed by atoms with Crippen molar-refractivity contribution in [3.05, 3.63) is 35.9 Å². The molecule has 1 N–H and O–H groups in total. The van der Waals surface area contributed by atoms with Crippen molar-refractivity contribution in [3.63, 3.8) is 0 Å². The van der Waals surface area contributed by atoms with E-state index >= 15 is 0 Å². The van der Waals surface area contributed by atoms with Gasteiger partial charge in [-0.2, -0.15) is 0 Å². The molecule has 1 saturated carbocycles. The molecule has 2 atom stereocenters. The number of aliphatic hydroxyl groups excluding tert-OH is 1. The molecule has 0 bridgehead atoms. The fourth-order valence-electron chi connectivity index (χ4n) is 2.24. The van der Waals surface area contributed by atoms with Crippen LogP contribution in [-0.4, -0.2) is 23.9 Å². The van der Waals surface area contributed by atoms with E-state index in [4.69, 9.17) is 4.74 Å². The molecular weight excluding hydrogens is 200 g/mol. The van der Waals surface area contributed by atoms with Crippen LogP contribution in [0.3, 0.4) is 0 Å². The van der Waals surface area contributed by atoms with Crippen molar-refractivity contribution in [2.24, 2.45) is 0 Å². The Morgan fingerprint density at radius 3 is 2.62 bits per heavy atom. The lowest BCUT2D eigenvalue weighted by atomic mass is 9.95. The minimum absolute atomic E-state index is 0.0671. The van der Waals surface area contributed by atoms with Gasteiger partial charge in [0.2, 0.25) is 0 Å². The zero-order chi connectivity index (χ0) is 11.2. The number of ether oxygens (including phenoxy) is 1. The van der Waals surface area contributed by atoms with Gasteiger partial charge in [0, 0.05) is 0 Å². The highest BCUT2D eigenvalue weighted by molar-refractivity contribution is 5.14. The highest BCUT2D eigenvalue weighted by Gasteiger charge is 2.23. The van der Waals surface area contributed by atoms with E-state index in [0.29, 0.717) is 6.61 Å². The summed E-state index contributed by atoms with van der Waals surface area (Å²) in [6, 6.07) is 10.3. The molecule has 2 heteroatoms. The zero-order valence-electron chi connectivity index (χ0n) is 9.64. The fraction of sp³-hybridized carbons (Fsp3) is 0.571. The number of hydrogen-bond donors (Lipinski definition) is 1. The summed E-state index contributed by atoms with van der Waals surface area (Å²) in [5, 5.41) is 9.74. The molecule has 0 aromatic heterocycles. The first-order chi connectivity index (χ1) is 7.86. The first kappa shape index (κ1) is 11.6. The highest BCUT2D eigenvalue weighted by Crippen LogP contribution is 2.21. The summed E-state index contributed by atoms with van der Waals surface area (Å²) >= 11 is 0. The van der Waals surface area contributed by atoms with Gasteiger partial charge in [-0.15, -0.1) is 0 Å². The van der Waals surface area contributed by atoms with E-state index in [1.807, 2.05) is 18.2 Å². The van der Waals surface area contributed by atoms with Crippen molar-refractivity contribution in [2.45, 2.75) is 44.3 Å². The lowest BCUT2D eigenvalue weighted by Crippen LogP contribution is -2.32. The number of aliphatic hydroxyl groups is 1. The van der Waals surface area contributed by atoms with Crippen molar-refractivity contribution < 1.29 is 9.84 Å². The molecule has 1 aliphatic carbocycles. The first-order valence-corrected chi connectivity index (χ1v) is 6.20. The smallest absolute Gasteiger partial charge is 0.0834 e. The van der Waals surface area contributed by atoms with Crippen molar-refractivity contribution >= 4 is 0 Å². The van der Waals surface area contributed by atoms with Crippen LogP contribution < -0.4 is 0 Å². The Morgan fingerprint density at radius 1 is 1.12 bits per heavy atom. The van der Waals surface area contributed by atoms with Gasteiger partial charge in [-0.05, 0) is 24.8 Å². The molecule has 0 amide bonds. The predicted molar refractivity (Wildman–Crippen MR) is 64.4 cm³/mol. The minimum atomic E-state index is -0.246. The van der Waals surface area contributed by atoms with E-state index in [-0.39, 0.29) is 12.2 Å². The lowest BCUT2D eigenvalue weighted by molar-refractivity contribution is -0.0575. The second-order valence-electron chi connectivity index (χ2n) is 4.50. The van der Waals surface area contributed by atoms with E-state index in [0.717, 1.165) is 25.7 Å². The summed E-state index contributed by atoms with van der Waals surface area (Å²) in [6.45, 7) is 0.714. The van der Waals surface area contributed by atoms with E-state index in [1.165, 1.54) is 12.0 Å². The molecule has 0 saturated heterocycles. The Labute approximate surface area is 97.3 Å². The van der Waals surface area contributed by atoms with Gasteiger partial charge in [-0.1, -0.05) is 43.2 Å². The third-order valence-corrected chi connectivity index (χ3v) is 3.23. The molecule has 0 spiro atoms. The second-order valence-corrected chi connectivity index (χ2v) is 4.50. The molecule has 1 aromatic carbocycles. The van der Waals surface area contributed by atoms with E-state index in [9.17, 15) is 5.11 Å². The maximum Gasteiger partial charge on any atom is 0.0834 e. The summed E-state index contributed by atoms with van der Waals surface area (Å²) in [5.41, 5.74) is 1.30. The maximum atomic E-state index is 9.74. The molecule has 1 aliphatic rings. The average molecular weight is 220 g/mol. The Balaban J connectivity index is 1.71. The summed E-state index contributed by atoms with van der Waals surface area (Å²) < 4.78 is 5.75. The molecule has 1 aromatic rings. The van der Waals surface area contributed by atoms with Crippen molar-refractivity contribution in [2.75, 3.05) is 6.61 Å². The molecule has 1 fully saturated rings. The Hall–Kier alpha value is -0.860. The maximum absolute atomic E-state index is 9.74. The van der Waals surface area contributed by atoms with Crippen LogP contribution in [0.2, 0.25) is 0 Å². The van der Waals surface area contributed by atoms with Crippen molar-refractivity contribution in [3.8, 4) is 0 Å². The first-order valence-electron chi connectivity index (χ1n) is 6.20. The number of hydrogen-bond acceptors (Lipinski definition) is 2. The third-order valence-electron chi connectivity index (χ3n) is 3.23. The van der Waals surface area contributed by atoms with Gasteiger partial charge >= 0.3 is 0 Å². The largest absolute Gasteiger partial charge is 0.390 e. The third kappa shape index (κ3) is 3.32. The van der Waals surface area contributed by atoms with Gasteiger partial charge in [0.15, 0.2) is 0 Å². The minimum Gasteiger partial charge on any atom is -0.390 e. The summed E-state index contributed by atoms with van der Waals surface area (Å²) in [5.74, 6) is 0. The van der Waals surface area contributed by atoms with E-state index < -0.39 is 0 Å². The predicted octanol–water partition coefficient (Wildman–Crippen LogP) is 2.55. The normalized spacial score (nSPS) is 25.6. The van der Waals surface area contributed by atoms with Crippen LogP contribution in [0, 0.1) is 0 Å². The van der Waals surface area contributed by atoms with Gasteiger partial charge in [0.05, 0.1) is 18.8 Å². The van der Waals surface area contributed by atoms with Crippen LogP contribution in [0.25, 0.3) is 0 Å². The molecule has 16 heavy (non-hydrogen) atoms. The molecule has 0 aliphatic heterocycles. The molecule has 2 rings (SSSR count). The van der Waals surface area contributed by atoms with Crippen molar-refractivity contribution in [1.82, 2.24) is 0 Å². The van der Waals surface area contributed by atoms with Crippen LogP contribution in [0.1, 0.15) is 31.2 Å². The van der Waals surface area contributed by atoms with Crippen LogP contribution in [0.5, 0.6) is 0 Å². The topological polar surface area (TPSA) is 29.5 Å². The van der Waals surface area contributed by atoms with Gasteiger partial charge in [-0.3, -0.25) is 0 Å². The Bertz CT molecular complexity index is 297. The van der Waals surface area contributed by atoms with Crippen LogP contribution in [0.4, 0.5) is 0 Å². The van der Waals surface area contributed by atoms with E-state index in [2.05, 4.69) is 12.1 Å².